The quantitative estimate of drug-likeness (QED) is 0.645. The first kappa shape index (κ1) is 13.8. The minimum Gasteiger partial charge on any atom is -0.0809 e. The normalized spacial score (nSPS) is 13.1. The van der Waals surface area contributed by atoms with E-state index in [1.165, 1.54) is 17.5 Å². The smallest absolute Gasteiger partial charge is 0.0462 e. The number of benzene rings is 1. The van der Waals surface area contributed by atoms with Crippen LogP contribution in [0.5, 0.6) is 0 Å². The van der Waals surface area contributed by atoms with Gasteiger partial charge < -0.3 is 0 Å². The minimum absolute atomic E-state index is 0.170. The van der Waals surface area contributed by atoms with Gasteiger partial charge in [-0.2, -0.15) is 0 Å². The molecule has 1 radical (unpaired) electrons. The van der Waals surface area contributed by atoms with Crippen molar-refractivity contribution in [2.75, 3.05) is 0 Å². The van der Waals surface area contributed by atoms with Crippen molar-refractivity contribution >= 4 is 0 Å². The molecule has 0 aromatic heterocycles. The van der Waals surface area contributed by atoms with Gasteiger partial charge in [-0.1, -0.05) is 70.7 Å². The zero-order valence-corrected chi connectivity index (χ0v) is 11.5. The summed E-state index contributed by atoms with van der Waals surface area (Å²) in [5, 5.41) is 0. The fraction of sp³-hybridized carbons (Fsp3) is 0.529. The van der Waals surface area contributed by atoms with Gasteiger partial charge in [0.1, 0.15) is 0 Å². The highest BCUT2D eigenvalue weighted by Gasteiger charge is 2.14. The molecule has 0 fully saturated rings. The molecule has 0 N–H and O–H groups in total. The molecule has 0 saturated heterocycles. The molecule has 0 amide bonds. The number of hydrogen-bond donors (Lipinski definition) is 0. The SMILES string of the molecule is [C]#CC(CCCC)c1ccc(C(C)(C)C)cc1. The van der Waals surface area contributed by atoms with Crippen LogP contribution in [0.3, 0.4) is 0 Å². The molecule has 91 valence electrons. The van der Waals surface area contributed by atoms with E-state index in [0.717, 1.165) is 12.8 Å². The van der Waals surface area contributed by atoms with Gasteiger partial charge in [0.15, 0.2) is 0 Å². The average Bonchev–Trinajstić information content (AvgIpc) is 2.29. The predicted octanol–water partition coefficient (Wildman–Crippen LogP) is 4.85. The topological polar surface area (TPSA) is 0 Å². The number of rotatable bonds is 4. The van der Waals surface area contributed by atoms with Gasteiger partial charge in [-0.15, -0.1) is 0 Å². The van der Waals surface area contributed by atoms with Crippen LogP contribution in [0, 0.1) is 12.3 Å². The number of unbranched alkanes of at least 4 members (excludes halogenated alkanes) is 1. The Morgan fingerprint density at radius 1 is 1.18 bits per heavy atom. The van der Waals surface area contributed by atoms with Gasteiger partial charge in [-0.05, 0) is 29.4 Å². The standard InChI is InChI=1S/C17H23/c1-6-8-9-14(7-2)15-10-12-16(13-11-15)17(3,4)5/h10-14H,6,8-9H2,1,3-5H3. The van der Waals surface area contributed by atoms with E-state index in [-0.39, 0.29) is 11.3 Å². The lowest BCUT2D eigenvalue weighted by Crippen LogP contribution is -2.11. The van der Waals surface area contributed by atoms with Gasteiger partial charge >= 0.3 is 0 Å². The third-order valence-electron chi connectivity index (χ3n) is 3.20. The molecule has 0 aliphatic rings. The van der Waals surface area contributed by atoms with Crippen molar-refractivity contribution in [3.05, 3.63) is 41.8 Å². The maximum absolute atomic E-state index is 7.40. The van der Waals surface area contributed by atoms with Crippen LogP contribution in [0.25, 0.3) is 0 Å². The molecule has 0 spiro atoms. The van der Waals surface area contributed by atoms with Crippen LogP contribution >= 0.6 is 0 Å². The van der Waals surface area contributed by atoms with Crippen molar-refractivity contribution in [1.82, 2.24) is 0 Å². The molecule has 1 aromatic rings. The van der Waals surface area contributed by atoms with Crippen molar-refractivity contribution in [3.8, 4) is 5.92 Å². The first-order valence-corrected chi connectivity index (χ1v) is 6.51. The van der Waals surface area contributed by atoms with E-state index >= 15 is 0 Å². The summed E-state index contributed by atoms with van der Waals surface area (Å²) in [6.45, 7) is 8.85. The van der Waals surface area contributed by atoms with Crippen LogP contribution < -0.4 is 0 Å². The molecule has 1 rings (SSSR count). The van der Waals surface area contributed by atoms with Crippen molar-refractivity contribution in [1.29, 1.82) is 0 Å². The molecule has 0 aliphatic carbocycles. The summed E-state index contributed by atoms with van der Waals surface area (Å²) in [6, 6.07) is 8.68. The molecule has 0 saturated carbocycles. The van der Waals surface area contributed by atoms with Crippen molar-refractivity contribution < 1.29 is 0 Å². The Morgan fingerprint density at radius 2 is 1.76 bits per heavy atom. The highest BCUT2D eigenvalue weighted by Crippen LogP contribution is 2.26. The van der Waals surface area contributed by atoms with E-state index in [1.807, 2.05) is 0 Å². The maximum Gasteiger partial charge on any atom is 0.0462 e. The fourth-order valence-electron chi connectivity index (χ4n) is 1.95. The van der Waals surface area contributed by atoms with E-state index in [1.54, 1.807) is 0 Å². The Labute approximate surface area is 106 Å². The summed E-state index contributed by atoms with van der Waals surface area (Å²) in [7, 11) is 0. The Bertz CT molecular complexity index is 370. The van der Waals surface area contributed by atoms with Gasteiger partial charge in [0.05, 0.1) is 0 Å². The second-order valence-corrected chi connectivity index (χ2v) is 5.71. The molecule has 0 aliphatic heterocycles. The lowest BCUT2D eigenvalue weighted by Gasteiger charge is -2.20. The first-order valence-electron chi connectivity index (χ1n) is 6.51. The Hall–Kier alpha value is -1.22. The molecule has 1 aromatic carbocycles. The molecule has 0 heterocycles. The molecule has 0 nitrogen and oxygen atoms in total. The molecule has 0 bridgehead atoms. The lowest BCUT2D eigenvalue weighted by molar-refractivity contribution is 0.589. The molecule has 1 unspecified atom stereocenters. The maximum atomic E-state index is 7.40. The van der Waals surface area contributed by atoms with Gasteiger partial charge in [0, 0.05) is 5.92 Å². The molecule has 17 heavy (non-hydrogen) atoms. The van der Waals surface area contributed by atoms with Crippen LogP contribution in [-0.4, -0.2) is 0 Å². The third kappa shape index (κ3) is 3.93. The van der Waals surface area contributed by atoms with Crippen LogP contribution in [0.2, 0.25) is 0 Å². The van der Waals surface area contributed by atoms with E-state index in [2.05, 4.69) is 57.9 Å². The summed E-state index contributed by atoms with van der Waals surface area (Å²) < 4.78 is 0. The largest absolute Gasteiger partial charge is 0.0809 e. The van der Waals surface area contributed by atoms with Gasteiger partial charge in [0.2, 0.25) is 0 Å². The zero-order valence-electron chi connectivity index (χ0n) is 11.5. The summed E-state index contributed by atoms with van der Waals surface area (Å²) in [6.07, 6.45) is 10.8. The van der Waals surface area contributed by atoms with Gasteiger partial charge in [-0.3, -0.25) is 0 Å². The molecular formula is C17H23. The number of hydrogen-bond acceptors (Lipinski definition) is 0. The van der Waals surface area contributed by atoms with E-state index in [0.29, 0.717) is 0 Å². The molecular weight excluding hydrogens is 204 g/mol. The monoisotopic (exact) mass is 227 g/mol. The van der Waals surface area contributed by atoms with Crippen molar-refractivity contribution in [3.63, 3.8) is 0 Å². The Kier molecular flexibility index (Phi) is 4.82. The molecule has 0 heteroatoms. The third-order valence-corrected chi connectivity index (χ3v) is 3.20. The van der Waals surface area contributed by atoms with Gasteiger partial charge in [0.25, 0.3) is 0 Å². The first-order chi connectivity index (χ1) is 7.99. The summed E-state index contributed by atoms with van der Waals surface area (Å²) in [5.41, 5.74) is 2.77. The lowest BCUT2D eigenvalue weighted by atomic mass is 9.85. The Morgan fingerprint density at radius 3 is 2.18 bits per heavy atom. The summed E-state index contributed by atoms with van der Waals surface area (Å²) >= 11 is 0. The summed E-state index contributed by atoms with van der Waals surface area (Å²) in [5.74, 6) is 2.83. The van der Waals surface area contributed by atoms with E-state index in [9.17, 15) is 0 Å². The molecule has 1 atom stereocenters. The van der Waals surface area contributed by atoms with E-state index in [4.69, 9.17) is 6.42 Å². The second kappa shape index (κ2) is 5.92. The highest BCUT2D eigenvalue weighted by atomic mass is 14.2. The van der Waals surface area contributed by atoms with Crippen molar-refractivity contribution in [2.24, 2.45) is 0 Å². The zero-order chi connectivity index (χ0) is 12.9. The van der Waals surface area contributed by atoms with E-state index < -0.39 is 0 Å². The predicted molar refractivity (Wildman–Crippen MR) is 74.5 cm³/mol. The van der Waals surface area contributed by atoms with Crippen LogP contribution in [0.1, 0.15) is 64.0 Å². The summed E-state index contributed by atoms with van der Waals surface area (Å²) in [4.78, 5) is 0. The fourth-order valence-corrected chi connectivity index (χ4v) is 1.95. The van der Waals surface area contributed by atoms with Crippen LogP contribution in [0.15, 0.2) is 24.3 Å². The van der Waals surface area contributed by atoms with Crippen molar-refractivity contribution in [2.45, 2.75) is 58.3 Å². The van der Waals surface area contributed by atoms with Gasteiger partial charge in [-0.25, -0.2) is 0 Å². The van der Waals surface area contributed by atoms with Crippen LogP contribution in [0.4, 0.5) is 0 Å². The second-order valence-electron chi connectivity index (χ2n) is 5.71. The average molecular weight is 227 g/mol. The highest BCUT2D eigenvalue weighted by molar-refractivity contribution is 5.32. The van der Waals surface area contributed by atoms with Crippen LogP contribution in [-0.2, 0) is 5.41 Å². The minimum atomic E-state index is 0.170. The Balaban J connectivity index is 2.83.